The fourth-order valence-corrected chi connectivity index (χ4v) is 6.07. The third kappa shape index (κ3) is 27.8. The molecule has 1 amide bonds. The van der Waals surface area contributed by atoms with E-state index in [1.807, 2.05) is 0 Å². The third-order valence-corrected chi connectivity index (χ3v) is 8.85. The second-order valence-corrected chi connectivity index (χ2v) is 13.8. The summed E-state index contributed by atoms with van der Waals surface area (Å²) in [6.45, 7) is 4.46. The van der Waals surface area contributed by atoms with Crippen molar-refractivity contribution in [3.8, 4) is 0 Å². The first-order valence-electron chi connectivity index (χ1n) is 17.5. The molecule has 7 nitrogen and oxygen atoms in total. The van der Waals surface area contributed by atoms with Crippen LogP contribution in [0.25, 0.3) is 0 Å². The van der Waals surface area contributed by atoms with E-state index in [1.165, 1.54) is 115 Å². The number of rotatable bonds is 31. The van der Waals surface area contributed by atoms with E-state index >= 15 is 0 Å². The highest BCUT2D eigenvalue weighted by Gasteiger charge is 2.27. The van der Waals surface area contributed by atoms with E-state index < -0.39 is 40.0 Å². The number of carbonyl (C=O) groups excluding carboxylic acids is 1. The molecule has 0 aromatic rings. The van der Waals surface area contributed by atoms with Gasteiger partial charge in [-0.3, -0.25) is 9.35 Å². The molecule has 0 fully saturated rings. The molecule has 0 aliphatic heterocycles. The lowest BCUT2D eigenvalue weighted by Gasteiger charge is -2.22. The number of allylic oxidation sites excluding steroid dienone is 1. The van der Waals surface area contributed by atoms with E-state index in [0.717, 1.165) is 38.5 Å². The molecule has 0 saturated heterocycles. The van der Waals surface area contributed by atoms with Gasteiger partial charge < -0.3 is 15.5 Å². The van der Waals surface area contributed by atoms with E-state index in [1.54, 1.807) is 6.08 Å². The van der Waals surface area contributed by atoms with E-state index in [-0.39, 0.29) is 6.42 Å². The van der Waals surface area contributed by atoms with Crippen molar-refractivity contribution < 1.29 is 28.0 Å². The van der Waals surface area contributed by atoms with Crippen LogP contribution in [0.4, 0.5) is 0 Å². The molecule has 0 radical (unpaired) electrons. The smallest absolute Gasteiger partial charge is 0.267 e. The number of nitrogens with one attached hydrogen (secondary N) is 1. The minimum atomic E-state index is -4.43. The molecule has 0 aromatic heterocycles. The summed E-state index contributed by atoms with van der Waals surface area (Å²) in [7, 11) is -4.43. The van der Waals surface area contributed by atoms with Gasteiger partial charge in [0.05, 0.1) is 17.9 Å². The lowest BCUT2D eigenvalue weighted by molar-refractivity contribution is -0.130. The molecule has 0 aliphatic rings. The van der Waals surface area contributed by atoms with Gasteiger partial charge in [-0.2, -0.15) is 8.42 Å². The Morgan fingerprint density at radius 3 is 1.43 bits per heavy atom. The molecule has 0 aliphatic carbocycles. The molecule has 0 heterocycles. The number of hydrogen-bond donors (Lipinski definition) is 4. The molecular formula is C34H67NO6S. The van der Waals surface area contributed by atoms with Gasteiger partial charge in [0.25, 0.3) is 10.1 Å². The summed E-state index contributed by atoms with van der Waals surface area (Å²) >= 11 is 0. The van der Waals surface area contributed by atoms with Crippen LogP contribution < -0.4 is 5.32 Å². The fourth-order valence-electron chi connectivity index (χ4n) is 5.34. The number of unbranched alkanes of at least 4 members (excludes halogenated alkanes) is 22. The topological polar surface area (TPSA) is 124 Å². The van der Waals surface area contributed by atoms with Crippen LogP contribution in [-0.4, -0.2) is 53.1 Å². The standard InChI is InChI=1S/C34H67NO6S/c1-3-5-7-9-11-13-15-16-17-19-21-23-25-27-29-33(37)34(38)35-31(30-42(39,40)41)32(36)28-26-24-22-20-18-14-12-10-8-6-4-2/h26,28,31-33,36-37H,3-25,27,29-30H2,1-2H3,(H,35,38)(H,39,40,41)/b28-26+. The van der Waals surface area contributed by atoms with E-state index in [2.05, 4.69) is 19.2 Å². The van der Waals surface area contributed by atoms with Gasteiger partial charge in [-0.25, -0.2) is 0 Å². The Balaban J connectivity index is 4.12. The zero-order chi connectivity index (χ0) is 31.3. The van der Waals surface area contributed by atoms with Crippen molar-refractivity contribution in [2.45, 2.75) is 193 Å². The molecule has 0 rings (SSSR count). The van der Waals surface area contributed by atoms with Gasteiger partial charge in [-0.15, -0.1) is 0 Å². The summed E-state index contributed by atoms with van der Waals surface area (Å²) in [5.41, 5.74) is 0. The molecule has 250 valence electrons. The molecule has 3 atom stereocenters. The van der Waals surface area contributed by atoms with Gasteiger partial charge in [0.15, 0.2) is 0 Å². The van der Waals surface area contributed by atoms with Crippen molar-refractivity contribution in [2.24, 2.45) is 0 Å². The second kappa shape index (κ2) is 28.8. The minimum Gasteiger partial charge on any atom is -0.387 e. The number of amides is 1. The van der Waals surface area contributed by atoms with Gasteiger partial charge in [0, 0.05) is 0 Å². The molecule has 8 heteroatoms. The maximum atomic E-state index is 12.5. The maximum absolute atomic E-state index is 12.5. The Morgan fingerprint density at radius 1 is 0.643 bits per heavy atom. The third-order valence-electron chi connectivity index (χ3n) is 8.07. The predicted molar refractivity (Wildman–Crippen MR) is 176 cm³/mol. The molecule has 4 N–H and O–H groups in total. The van der Waals surface area contributed by atoms with Crippen molar-refractivity contribution in [1.29, 1.82) is 0 Å². The van der Waals surface area contributed by atoms with Crippen molar-refractivity contribution in [2.75, 3.05) is 5.75 Å². The van der Waals surface area contributed by atoms with Gasteiger partial charge >= 0.3 is 0 Å². The molecule has 0 aromatic carbocycles. The van der Waals surface area contributed by atoms with Gasteiger partial charge in [-0.1, -0.05) is 167 Å². The zero-order valence-corrected chi connectivity index (χ0v) is 28.1. The maximum Gasteiger partial charge on any atom is 0.267 e. The van der Waals surface area contributed by atoms with Gasteiger partial charge in [0.1, 0.15) is 6.10 Å². The van der Waals surface area contributed by atoms with Crippen LogP contribution in [-0.2, 0) is 14.9 Å². The largest absolute Gasteiger partial charge is 0.387 e. The fraction of sp³-hybridized carbons (Fsp3) is 0.912. The molecule has 3 unspecified atom stereocenters. The Morgan fingerprint density at radius 2 is 1.02 bits per heavy atom. The van der Waals surface area contributed by atoms with Gasteiger partial charge in [-0.05, 0) is 19.3 Å². The number of aliphatic hydroxyl groups is 2. The Bertz CT molecular complexity index is 742. The molecule has 0 bridgehead atoms. The van der Waals surface area contributed by atoms with Crippen molar-refractivity contribution in [3.63, 3.8) is 0 Å². The van der Waals surface area contributed by atoms with Crippen LogP contribution in [0.5, 0.6) is 0 Å². The highest BCUT2D eigenvalue weighted by Crippen LogP contribution is 2.15. The van der Waals surface area contributed by atoms with Crippen molar-refractivity contribution in [1.82, 2.24) is 5.32 Å². The second-order valence-electron chi connectivity index (χ2n) is 12.3. The summed E-state index contributed by atoms with van der Waals surface area (Å²) in [5, 5.41) is 23.2. The minimum absolute atomic E-state index is 0.285. The molecule has 0 saturated carbocycles. The first-order valence-corrected chi connectivity index (χ1v) is 19.1. The normalized spacial score (nSPS) is 14.3. The van der Waals surface area contributed by atoms with Crippen LogP contribution in [0.1, 0.15) is 174 Å². The summed E-state index contributed by atoms with van der Waals surface area (Å²) in [6, 6.07) is -1.22. The number of carbonyl (C=O) groups is 1. The Labute approximate surface area is 259 Å². The molecule has 42 heavy (non-hydrogen) atoms. The van der Waals surface area contributed by atoms with Crippen molar-refractivity contribution in [3.05, 3.63) is 12.2 Å². The van der Waals surface area contributed by atoms with Crippen LogP contribution in [0.15, 0.2) is 12.2 Å². The quantitative estimate of drug-likeness (QED) is 0.0352. The Hall–Kier alpha value is -0.960. The summed E-state index contributed by atoms with van der Waals surface area (Å²) in [6.07, 6.45) is 29.8. The van der Waals surface area contributed by atoms with E-state index in [4.69, 9.17) is 0 Å². The average Bonchev–Trinajstić information content (AvgIpc) is 2.94. The Kier molecular flexibility index (Phi) is 28.1. The van der Waals surface area contributed by atoms with E-state index in [0.29, 0.717) is 6.42 Å². The number of hydrogen-bond acceptors (Lipinski definition) is 5. The first kappa shape index (κ1) is 41.0. The van der Waals surface area contributed by atoms with Crippen molar-refractivity contribution >= 4 is 16.0 Å². The summed E-state index contributed by atoms with van der Waals surface area (Å²) < 4.78 is 32.3. The molecule has 0 spiro atoms. The monoisotopic (exact) mass is 617 g/mol. The zero-order valence-electron chi connectivity index (χ0n) is 27.2. The van der Waals surface area contributed by atoms with Crippen LogP contribution in [0.3, 0.4) is 0 Å². The van der Waals surface area contributed by atoms with Crippen LogP contribution >= 0.6 is 0 Å². The summed E-state index contributed by atoms with van der Waals surface area (Å²) in [5.74, 6) is -1.53. The summed E-state index contributed by atoms with van der Waals surface area (Å²) in [4.78, 5) is 12.5. The highest BCUT2D eigenvalue weighted by molar-refractivity contribution is 7.85. The van der Waals surface area contributed by atoms with Crippen LogP contribution in [0.2, 0.25) is 0 Å². The number of aliphatic hydroxyl groups excluding tert-OH is 2. The average molecular weight is 618 g/mol. The first-order chi connectivity index (χ1) is 20.2. The van der Waals surface area contributed by atoms with Crippen LogP contribution in [0, 0.1) is 0 Å². The molecular weight excluding hydrogens is 550 g/mol. The van der Waals surface area contributed by atoms with E-state index in [9.17, 15) is 28.0 Å². The SMILES string of the molecule is CCCCCCCCCCC/C=C/C(O)C(CS(=O)(=O)O)NC(=O)C(O)CCCCCCCCCCCCCCCC. The highest BCUT2D eigenvalue weighted by atomic mass is 32.2. The van der Waals surface area contributed by atoms with Gasteiger partial charge in [0.2, 0.25) is 5.91 Å². The lowest BCUT2D eigenvalue weighted by atomic mass is 10.0. The predicted octanol–water partition coefficient (Wildman–Crippen LogP) is 8.43. The lowest BCUT2D eigenvalue weighted by Crippen LogP contribution is -2.50.